The highest BCUT2D eigenvalue weighted by atomic mass is 127. The Bertz CT molecular complexity index is 842. The number of guanidine groups is 1. The van der Waals surface area contributed by atoms with Crippen LogP contribution in [0.2, 0.25) is 0 Å². The maximum absolute atomic E-state index is 12.3. The summed E-state index contributed by atoms with van der Waals surface area (Å²) < 4.78 is 5.39. The third kappa shape index (κ3) is 9.56. The fourth-order valence-electron chi connectivity index (χ4n) is 2.95. The van der Waals surface area contributed by atoms with Gasteiger partial charge < -0.3 is 25.6 Å². The molecule has 0 saturated heterocycles. The molecule has 0 aromatic heterocycles. The second-order valence-electron chi connectivity index (χ2n) is 7.17. The van der Waals surface area contributed by atoms with Gasteiger partial charge in [-0.05, 0) is 49.8 Å². The first-order valence-corrected chi connectivity index (χ1v) is 10.1. The van der Waals surface area contributed by atoms with Gasteiger partial charge in [-0.2, -0.15) is 0 Å². The molecule has 0 bridgehead atoms. The SMILES string of the molecule is CN=C(NCCc1ccccc1OC)NCc1cccc(C(=O)NCCN(C)C)c1.I. The molecule has 0 atom stereocenters. The lowest BCUT2D eigenvalue weighted by Crippen LogP contribution is -2.38. The third-order valence-electron chi connectivity index (χ3n) is 4.60. The average molecular weight is 539 g/mol. The number of carbonyl (C=O) groups is 1. The minimum absolute atomic E-state index is 0. The summed E-state index contributed by atoms with van der Waals surface area (Å²) >= 11 is 0. The number of hydrogen-bond donors (Lipinski definition) is 3. The molecule has 170 valence electrons. The van der Waals surface area contributed by atoms with Crippen LogP contribution in [0.25, 0.3) is 0 Å². The number of aliphatic imine (C=N–C) groups is 1. The van der Waals surface area contributed by atoms with Crippen LogP contribution in [-0.2, 0) is 13.0 Å². The van der Waals surface area contributed by atoms with E-state index in [9.17, 15) is 4.79 Å². The van der Waals surface area contributed by atoms with E-state index in [0.29, 0.717) is 24.6 Å². The molecule has 0 radical (unpaired) electrons. The number of rotatable bonds is 10. The molecule has 0 unspecified atom stereocenters. The van der Waals surface area contributed by atoms with Crippen molar-refractivity contribution in [2.75, 3.05) is 47.9 Å². The summed E-state index contributed by atoms with van der Waals surface area (Å²) in [6.45, 7) is 2.74. The summed E-state index contributed by atoms with van der Waals surface area (Å²) in [5.41, 5.74) is 2.83. The highest BCUT2D eigenvalue weighted by Gasteiger charge is 2.07. The first kappa shape index (κ1) is 26.7. The predicted molar refractivity (Wildman–Crippen MR) is 138 cm³/mol. The average Bonchev–Trinajstić information content (AvgIpc) is 2.76. The number of methoxy groups -OCH3 is 1. The minimum Gasteiger partial charge on any atom is -0.496 e. The van der Waals surface area contributed by atoms with Gasteiger partial charge in [0.2, 0.25) is 0 Å². The van der Waals surface area contributed by atoms with Gasteiger partial charge in [0.1, 0.15) is 5.75 Å². The van der Waals surface area contributed by atoms with Crippen molar-refractivity contribution in [3.8, 4) is 5.75 Å². The van der Waals surface area contributed by atoms with Crippen LogP contribution in [-0.4, -0.2) is 64.7 Å². The maximum Gasteiger partial charge on any atom is 0.251 e. The Morgan fingerprint density at radius 1 is 1.03 bits per heavy atom. The molecule has 3 N–H and O–H groups in total. The molecule has 31 heavy (non-hydrogen) atoms. The molecule has 8 heteroatoms. The van der Waals surface area contributed by atoms with Crippen LogP contribution in [0.5, 0.6) is 5.75 Å². The standard InChI is InChI=1S/C23H33N5O2.HI/c1-24-23(26-13-12-19-9-5-6-11-21(19)30-4)27-17-18-8-7-10-20(16-18)22(29)25-14-15-28(2)3;/h5-11,16H,12-15,17H2,1-4H3,(H,25,29)(H2,24,26,27);1H. The second-order valence-corrected chi connectivity index (χ2v) is 7.17. The monoisotopic (exact) mass is 539 g/mol. The van der Waals surface area contributed by atoms with E-state index in [2.05, 4.69) is 27.0 Å². The molecular weight excluding hydrogens is 505 g/mol. The zero-order chi connectivity index (χ0) is 21.8. The van der Waals surface area contributed by atoms with Crippen LogP contribution in [0.4, 0.5) is 0 Å². The molecule has 2 aromatic carbocycles. The van der Waals surface area contributed by atoms with Crippen LogP contribution < -0.4 is 20.7 Å². The van der Waals surface area contributed by atoms with Crippen LogP contribution in [0.3, 0.4) is 0 Å². The van der Waals surface area contributed by atoms with E-state index >= 15 is 0 Å². The number of likely N-dealkylation sites (N-methyl/N-ethyl adjacent to an activating group) is 1. The van der Waals surface area contributed by atoms with Crippen molar-refractivity contribution in [1.29, 1.82) is 0 Å². The van der Waals surface area contributed by atoms with E-state index in [4.69, 9.17) is 4.74 Å². The van der Waals surface area contributed by atoms with Crippen molar-refractivity contribution in [3.63, 3.8) is 0 Å². The zero-order valence-electron chi connectivity index (χ0n) is 18.8. The maximum atomic E-state index is 12.3. The number of benzene rings is 2. The van der Waals surface area contributed by atoms with Gasteiger partial charge in [-0.3, -0.25) is 9.79 Å². The zero-order valence-corrected chi connectivity index (χ0v) is 21.1. The number of halogens is 1. The van der Waals surface area contributed by atoms with Gasteiger partial charge in [-0.25, -0.2) is 0 Å². The van der Waals surface area contributed by atoms with E-state index in [1.807, 2.05) is 61.5 Å². The van der Waals surface area contributed by atoms with Crippen molar-refractivity contribution in [1.82, 2.24) is 20.9 Å². The fraction of sp³-hybridized carbons (Fsp3) is 0.391. The van der Waals surface area contributed by atoms with Crippen molar-refractivity contribution in [3.05, 3.63) is 65.2 Å². The Labute approximate surface area is 202 Å². The molecule has 0 heterocycles. The molecule has 0 saturated carbocycles. The summed E-state index contributed by atoms with van der Waals surface area (Å²) in [5, 5.41) is 9.55. The van der Waals surface area contributed by atoms with Gasteiger partial charge in [0.05, 0.1) is 7.11 Å². The Balaban J connectivity index is 0.00000480. The lowest BCUT2D eigenvalue weighted by atomic mass is 10.1. The topological polar surface area (TPSA) is 78.0 Å². The molecular formula is C23H34IN5O2. The van der Waals surface area contributed by atoms with E-state index in [0.717, 1.165) is 36.4 Å². The molecule has 0 spiro atoms. The van der Waals surface area contributed by atoms with E-state index in [1.54, 1.807) is 14.2 Å². The summed E-state index contributed by atoms with van der Waals surface area (Å²) in [4.78, 5) is 18.6. The van der Waals surface area contributed by atoms with Crippen molar-refractivity contribution < 1.29 is 9.53 Å². The number of amides is 1. The van der Waals surface area contributed by atoms with Crippen LogP contribution in [0.1, 0.15) is 21.5 Å². The number of para-hydroxylation sites is 1. The normalized spacial score (nSPS) is 10.9. The minimum atomic E-state index is -0.0574. The Kier molecular flexibility index (Phi) is 12.6. The third-order valence-corrected chi connectivity index (χ3v) is 4.60. The molecule has 0 aliphatic rings. The highest BCUT2D eigenvalue weighted by molar-refractivity contribution is 14.0. The Morgan fingerprint density at radius 2 is 1.81 bits per heavy atom. The first-order valence-electron chi connectivity index (χ1n) is 10.1. The smallest absolute Gasteiger partial charge is 0.251 e. The van der Waals surface area contributed by atoms with E-state index < -0.39 is 0 Å². The molecule has 0 aliphatic heterocycles. The molecule has 7 nitrogen and oxygen atoms in total. The summed E-state index contributed by atoms with van der Waals surface area (Å²) in [6.07, 6.45) is 0.827. The van der Waals surface area contributed by atoms with Gasteiger partial charge in [-0.15, -0.1) is 24.0 Å². The van der Waals surface area contributed by atoms with Gasteiger partial charge in [0.25, 0.3) is 5.91 Å². The molecule has 1 amide bonds. The van der Waals surface area contributed by atoms with Gasteiger partial charge >= 0.3 is 0 Å². The predicted octanol–water partition coefficient (Wildman–Crippen LogP) is 2.51. The number of nitrogens with one attached hydrogen (secondary N) is 3. The molecule has 2 aromatic rings. The number of carbonyl (C=O) groups excluding carboxylic acids is 1. The summed E-state index contributed by atoms with van der Waals surface area (Å²) in [5.74, 6) is 1.55. The largest absolute Gasteiger partial charge is 0.496 e. The van der Waals surface area contributed by atoms with Crippen LogP contribution in [0.15, 0.2) is 53.5 Å². The summed E-state index contributed by atoms with van der Waals surface area (Å²) in [7, 11) is 7.39. The Morgan fingerprint density at radius 3 is 2.52 bits per heavy atom. The van der Waals surface area contributed by atoms with Gasteiger partial charge in [0, 0.05) is 38.8 Å². The first-order chi connectivity index (χ1) is 14.5. The lowest BCUT2D eigenvalue weighted by molar-refractivity contribution is 0.0951. The number of ether oxygens (including phenoxy) is 1. The van der Waals surface area contributed by atoms with Crippen molar-refractivity contribution in [2.45, 2.75) is 13.0 Å². The lowest BCUT2D eigenvalue weighted by Gasteiger charge is -2.14. The van der Waals surface area contributed by atoms with Crippen LogP contribution >= 0.6 is 24.0 Å². The van der Waals surface area contributed by atoms with Crippen LogP contribution in [0, 0.1) is 0 Å². The van der Waals surface area contributed by atoms with Crippen molar-refractivity contribution in [2.24, 2.45) is 4.99 Å². The number of nitrogens with zero attached hydrogens (tertiary/aromatic N) is 2. The second kappa shape index (κ2) is 14.6. The van der Waals surface area contributed by atoms with E-state index in [-0.39, 0.29) is 29.9 Å². The quantitative estimate of drug-likeness (QED) is 0.246. The van der Waals surface area contributed by atoms with Gasteiger partial charge in [-0.1, -0.05) is 30.3 Å². The molecule has 2 rings (SSSR count). The fourth-order valence-corrected chi connectivity index (χ4v) is 2.95. The van der Waals surface area contributed by atoms with Crippen molar-refractivity contribution >= 4 is 35.8 Å². The summed E-state index contributed by atoms with van der Waals surface area (Å²) in [6, 6.07) is 15.6. The van der Waals surface area contributed by atoms with Gasteiger partial charge in [0.15, 0.2) is 5.96 Å². The number of hydrogen-bond acceptors (Lipinski definition) is 4. The van der Waals surface area contributed by atoms with E-state index in [1.165, 1.54) is 0 Å². The highest BCUT2D eigenvalue weighted by Crippen LogP contribution is 2.17. The Hall–Kier alpha value is -2.33. The molecule has 0 fully saturated rings. The molecule has 0 aliphatic carbocycles.